The number of hydrogen-bond acceptors (Lipinski definition) is 4. The van der Waals surface area contributed by atoms with Gasteiger partial charge in [0.1, 0.15) is 6.04 Å². The minimum absolute atomic E-state index is 0.221. The van der Waals surface area contributed by atoms with E-state index in [1.807, 2.05) is 6.92 Å². The molecule has 0 aromatic carbocycles. The van der Waals surface area contributed by atoms with Gasteiger partial charge in [-0.2, -0.15) is 0 Å². The molecule has 0 aliphatic carbocycles. The van der Waals surface area contributed by atoms with E-state index in [9.17, 15) is 9.59 Å². The second-order valence-corrected chi connectivity index (χ2v) is 4.91. The number of amides is 1. The van der Waals surface area contributed by atoms with Crippen LogP contribution in [0.3, 0.4) is 0 Å². The summed E-state index contributed by atoms with van der Waals surface area (Å²) < 4.78 is 0. The predicted molar refractivity (Wildman–Crippen MR) is 68.4 cm³/mol. The van der Waals surface area contributed by atoms with Gasteiger partial charge in [0.05, 0.1) is 0 Å². The van der Waals surface area contributed by atoms with Gasteiger partial charge in [-0.3, -0.25) is 4.79 Å². The highest BCUT2D eigenvalue weighted by molar-refractivity contribution is 5.82. The molecule has 6 heteroatoms. The maximum Gasteiger partial charge on any atom is 0.327 e. The zero-order chi connectivity index (χ0) is 13.5. The normalized spacial score (nSPS) is 19.4. The molecule has 1 fully saturated rings. The molecule has 2 atom stereocenters. The molecule has 0 bridgehead atoms. The Morgan fingerprint density at radius 2 is 1.94 bits per heavy atom. The summed E-state index contributed by atoms with van der Waals surface area (Å²) in [5.41, 5.74) is 0. The predicted octanol–water partition coefficient (Wildman–Crippen LogP) is -0.350. The summed E-state index contributed by atoms with van der Waals surface area (Å²) in [6.45, 7) is 6.78. The van der Waals surface area contributed by atoms with Crippen LogP contribution in [-0.4, -0.2) is 60.1 Å². The van der Waals surface area contributed by atoms with Crippen LogP contribution in [0.25, 0.3) is 0 Å². The topological polar surface area (TPSA) is 81.7 Å². The SMILES string of the molecule is CC(=O)NC(CNC(C)CN1CCCC1)C(=O)O. The molecule has 1 amide bonds. The minimum Gasteiger partial charge on any atom is -0.480 e. The van der Waals surface area contributed by atoms with Crippen LogP contribution >= 0.6 is 0 Å². The molecule has 0 saturated carbocycles. The number of likely N-dealkylation sites (tertiary alicyclic amines) is 1. The van der Waals surface area contributed by atoms with E-state index < -0.39 is 12.0 Å². The molecule has 0 radical (unpaired) electrons. The number of carbonyl (C=O) groups is 2. The molecule has 18 heavy (non-hydrogen) atoms. The van der Waals surface area contributed by atoms with Crippen molar-refractivity contribution < 1.29 is 14.7 Å². The Morgan fingerprint density at radius 1 is 1.33 bits per heavy atom. The van der Waals surface area contributed by atoms with Gasteiger partial charge in [0.2, 0.25) is 5.91 Å². The summed E-state index contributed by atoms with van der Waals surface area (Å²) in [6, 6.07) is -0.637. The van der Waals surface area contributed by atoms with Crippen LogP contribution in [0.4, 0.5) is 0 Å². The summed E-state index contributed by atoms with van der Waals surface area (Å²) in [4.78, 5) is 24.2. The molecular formula is C12H23N3O3. The van der Waals surface area contributed by atoms with E-state index >= 15 is 0 Å². The number of hydrogen-bond donors (Lipinski definition) is 3. The molecule has 104 valence electrons. The standard InChI is InChI=1S/C12H23N3O3/c1-9(8-15-5-3-4-6-15)13-7-11(12(17)18)14-10(2)16/h9,11,13H,3-8H2,1-2H3,(H,14,16)(H,17,18). The van der Waals surface area contributed by atoms with E-state index in [1.54, 1.807) is 0 Å². The number of nitrogens with one attached hydrogen (secondary N) is 2. The lowest BCUT2D eigenvalue weighted by Crippen LogP contribution is -2.50. The lowest BCUT2D eigenvalue weighted by molar-refractivity contribution is -0.141. The number of aliphatic carboxylic acids is 1. The van der Waals surface area contributed by atoms with Gasteiger partial charge in [0.15, 0.2) is 0 Å². The van der Waals surface area contributed by atoms with Crippen molar-refractivity contribution >= 4 is 11.9 Å². The Hall–Kier alpha value is -1.14. The first-order chi connectivity index (χ1) is 8.49. The Morgan fingerprint density at radius 3 is 2.44 bits per heavy atom. The Bertz CT molecular complexity index is 290. The number of carboxylic acid groups (broad SMARTS) is 1. The van der Waals surface area contributed by atoms with Crippen LogP contribution in [0.5, 0.6) is 0 Å². The molecule has 0 aromatic heterocycles. The maximum absolute atomic E-state index is 10.9. The first kappa shape index (κ1) is 14.9. The molecule has 1 aliphatic rings. The van der Waals surface area contributed by atoms with E-state index in [-0.39, 0.29) is 18.5 Å². The van der Waals surface area contributed by atoms with Gasteiger partial charge in [-0.05, 0) is 32.9 Å². The van der Waals surface area contributed by atoms with Gasteiger partial charge >= 0.3 is 5.97 Å². The molecule has 1 rings (SSSR count). The zero-order valence-electron chi connectivity index (χ0n) is 11.1. The fourth-order valence-corrected chi connectivity index (χ4v) is 2.18. The molecule has 6 nitrogen and oxygen atoms in total. The molecule has 3 N–H and O–H groups in total. The third kappa shape index (κ3) is 5.46. The van der Waals surface area contributed by atoms with Crippen LogP contribution in [0.15, 0.2) is 0 Å². The van der Waals surface area contributed by atoms with Crippen LogP contribution in [0, 0.1) is 0 Å². The van der Waals surface area contributed by atoms with Gasteiger partial charge in [-0.15, -0.1) is 0 Å². The van der Waals surface area contributed by atoms with Crippen molar-refractivity contribution in [2.75, 3.05) is 26.2 Å². The Kier molecular flexibility index (Phi) is 6.07. The van der Waals surface area contributed by atoms with Gasteiger partial charge in [0, 0.05) is 26.1 Å². The monoisotopic (exact) mass is 257 g/mol. The third-order valence-electron chi connectivity index (χ3n) is 3.08. The number of rotatable bonds is 7. The number of nitrogens with zero attached hydrogens (tertiary/aromatic N) is 1. The summed E-state index contributed by atoms with van der Waals surface area (Å²) in [5.74, 6) is -1.33. The zero-order valence-corrected chi connectivity index (χ0v) is 11.1. The average molecular weight is 257 g/mol. The van der Waals surface area contributed by atoms with Crippen molar-refractivity contribution in [1.82, 2.24) is 15.5 Å². The van der Waals surface area contributed by atoms with Gasteiger partial charge in [0.25, 0.3) is 0 Å². The highest BCUT2D eigenvalue weighted by atomic mass is 16.4. The van der Waals surface area contributed by atoms with E-state index in [0.717, 1.165) is 19.6 Å². The third-order valence-corrected chi connectivity index (χ3v) is 3.08. The fraction of sp³-hybridized carbons (Fsp3) is 0.833. The Balaban J connectivity index is 2.27. The van der Waals surface area contributed by atoms with Gasteiger partial charge in [-0.25, -0.2) is 4.79 Å². The van der Waals surface area contributed by atoms with E-state index in [2.05, 4.69) is 15.5 Å². The molecule has 1 heterocycles. The van der Waals surface area contributed by atoms with Crippen molar-refractivity contribution in [2.24, 2.45) is 0 Å². The smallest absolute Gasteiger partial charge is 0.327 e. The van der Waals surface area contributed by atoms with E-state index in [4.69, 9.17) is 5.11 Å². The molecule has 1 aliphatic heterocycles. The first-order valence-electron chi connectivity index (χ1n) is 6.44. The van der Waals surface area contributed by atoms with E-state index in [1.165, 1.54) is 19.8 Å². The second-order valence-electron chi connectivity index (χ2n) is 4.91. The summed E-state index contributed by atoms with van der Waals surface area (Å²) in [6.07, 6.45) is 2.49. The highest BCUT2D eigenvalue weighted by Crippen LogP contribution is 2.07. The molecule has 1 saturated heterocycles. The number of carboxylic acids is 1. The second kappa shape index (κ2) is 7.33. The highest BCUT2D eigenvalue weighted by Gasteiger charge is 2.20. The largest absolute Gasteiger partial charge is 0.480 e. The van der Waals surface area contributed by atoms with Crippen molar-refractivity contribution in [2.45, 2.75) is 38.8 Å². The lowest BCUT2D eigenvalue weighted by atomic mass is 10.2. The molecular weight excluding hydrogens is 234 g/mol. The first-order valence-corrected chi connectivity index (χ1v) is 6.44. The lowest BCUT2D eigenvalue weighted by Gasteiger charge is -2.23. The van der Waals surface area contributed by atoms with Crippen LogP contribution < -0.4 is 10.6 Å². The minimum atomic E-state index is -1.01. The van der Waals surface area contributed by atoms with E-state index in [0.29, 0.717) is 0 Å². The van der Waals surface area contributed by atoms with Crippen LogP contribution in [0.2, 0.25) is 0 Å². The Labute approximate surface area is 108 Å². The van der Waals surface area contributed by atoms with Gasteiger partial charge in [-0.1, -0.05) is 0 Å². The summed E-state index contributed by atoms with van der Waals surface area (Å²) in [7, 11) is 0. The van der Waals surface area contributed by atoms with Crippen molar-refractivity contribution in [3.8, 4) is 0 Å². The van der Waals surface area contributed by atoms with Crippen molar-refractivity contribution in [3.63, 3.8) is 0 Å². The molecule has 0 aromatic rings. The summed E-state index contributed by atoms with van der Waals surface area (Å²) in [5, 5.41) is 14.5. The quantitative estimate of drug-likeness (QED) is 0.581. The average Bonchev–Trinajstić information content (AvgIpc) is 2.76. The van der Waals surface area contributed by atoms with Crippen LogP contribution in [-0.2, 0) is 9.59 Å². The van der Waals surface area contributed by atoms with Crippen LogP contribution in [0.1, 0.15) is 26.7 Å². The van der Waals surface area contributed by atoms with Crippen molar-refractivity contribution in [1.29, 1.82) is 0 Å². The van der Waals surface area contributed by atoms with Crippen molar-refractivity contribution in [3.05, 3.63) is 0 Å². The summed E-state index contributed by atoms with van der Waals surface area (Å²) >= 11 is 0. The fourth-order valence-electron chi connectivity index (χ4n) is 2.18. The molecule has 2 unspecified atom stereocenters. The van der Waals surface area contributed by atoms with Gasteiger partial charge < -0.3 is 20.6 Å². The maximum atomic E-state index is 10.9. The number of carbonyl (C=O) groups excluding carboxylic acids is 1. The molecule has 0 spiro atoms.